The Morgan fingerprint density at radius 2 is 2.25 bits per heavy atom. The average Bonchev–Trinajstić information content (AvgIpc) is 2.41. The van der Waals surface area contributed by atoms with Crippen LogP contribution in [0.5, 0.6) is 5.75 Å². The molecular formula is C12H15ClN2O5. The molecule has 110 valence electrons. The lowest BCUT2D eigenvalue weighted by atomic mass is 10.3. The van der Waals surface area contributed by atoms with Crippen LogP contribution < -0.4 is 10.1 Å². The van der Waals surface area contributed by atoms with Gasteiger partial charge in [-0.3, -0.25) is 14.9 Å². The van der Waals surface area contributed by atoms with Crippen molar-refractivity contribution in [2.75, 3.05) is 20.3 Å². The third-order valence-corrected chi connectivity index (χ3v) is 2.76. The molecule has 0 aliphatic rings. The summed E-state index contributed by atoms with van der Waals surface area (Å²) in [5.41, 5.74) is -0.137. The molecule has 1 N–H and O–H groups in total. The van der Waals surface area contributed by atoms with Crippen LogP contribution in [0.15, 0.2) is 18.2 Å². The second-order valence-corrected chi connectivity index (χ2v) is 4.18. The van der Waals surface area contributed by atoms with E-state index in [1.54, 1.807) is 14.0 Å². The van der Waals surface area contributed by atoms with Crippen molar-refractivity contribution < 1.29 is 19.2 Å². The van der Waals surface area contributed by atoms with Crippen molar-refractivity contribution in [1.82, 2.24) is 5.32 Å². The molecule has 0 aliphatic carbocycles. The van der Waals surface area contributed by atoms with E-state index in [2.05, 4.69) is 5.32 Å². The van der Waals surface area contributed by atoms with Crippen molar-refractivity contribution in [3.63, 3.8) is 0 Å². The van der Waals surface area contributed by atoms with Crippen molar-refractivity contribution in [2.45, 2.75) is 13.0 Å². The van der Waals surface area contributed by atoms with Crippen molar-refractivity contribution in [2.24, 2.45) is 0 Å². The minimum atomic E-state index is -0.676. The monoisotopic (exact) mass is 302 g/mol. The van der Waals surface area contributed by atoms with Gasteiger partial charge in [0.15, 0.2) is 0 Å². The van der Waals surface area contributed by atoms with Crippen molar-refractivity contribution in [3.05, 3.63) is 33.3 Å². The van der Waals surface area contributed by atoms with E-state index in [4.69, 9.17) is 21.1 Å². The molecule has 0 aliphatic heterocycles. The summed E-state index contributed by atoms with van der Waals surface area (Å²) in [7, 11) is 1.58. The lowest BCUT2D eigenvalue weighted by Crippen LogP contribution is -2.40. The molecule has 1 aromatic carbocycles. The number of carbonyl (C=O) groups is 1. The summed E-state index contributed by atoms with van der Waals surface area (Å²) in [4.78, 5) is 21.7. The van der Waals surface area contributed by atoms with Crippen LogP contribution in [0.3, 0.4) is 0 Å². The van der Waals surface area contributed by atoms with Crippen LogP contribution >= 0.6 is 11.6 Å². The van der Waals surface area contributed by atoms with Gasteiger partial charge in [-0.05, 0) is 20.0 Å². The zero-order valence-electron chi connectivity index (χ0n) is 11.1. The van der Waals surface area contributed by atoms with Gasteiger partial charge >= 0.3 is 5.97 Å². The smallest absolute Gasteiger partial charge is 0.326 e. The summed E-state index contributed by atoms with van der Waals surface area (Å²) in [5.74, 6) is -0.318. The topological polar surface area (TPSA) is 90.7 Å². The zero-order valence-corrected chi connectivity index (χ0v) is 11.8. The maximum Gasteiger partial charge on any atom is 0.326 e. The lowest BCUT2D eigenvalue weighted by Gasteiger charge is -2.16. The van der Waals surface area contributed by atoms with Gasteiger partial charge in [-0.25, -0.2) is 0 Å². The van der Waals surface area contributed by atoms with Gasteiger partial charge in [-0.15, -0.1) is 0 Å². The number of benzene rings is 1. The molecule has 1 aromatic rings. The molecule has 7 nitrogen and oxygen atoms in total. The SMILES string of the molecule is CCOC(=O)C(COc1cc([N+](=O)[O-])ccc1Cl)NC. The van der Waals surface area contributed by atoms with Gasteiger partial charge in [0.1, 0.15) is 18.4 Å². The summed E-state index contributed by atoms with van der Waals surface area (Å²) < 4.78 is 10.2. The summed E-state index contributed by atoms with van der Waals surface area (Å²) >= 11 is 5.88. The molecule has 0 radical (unpaired) electrons. The Kier molecular flexibility index (Phi) is 6.20. The van der Waals surface area contributed by atoms with E-state index in [9.17, 15) is 14.9 Å². The molecule has 0 aromatic heterocycles. The minimum absolute atomic E-state index is 0.0454. The number of esters is 1. The fourth-order valence-corrected chi connectivity index (χ4v) is 1.57. The average molecular weight is 303 g/mol. The molecule has 20 heavy (non-hydrogen) atoms. The molecule has 0 saturated heterocycles. The van der Waals surface area contributed by atoms with E-state index in [1.807, 2.05) is 0 Å². The van der Waals surface area contributed by atoms with Gasteiger partial charge in [-0.1, -0.05) is 11.6 Å². The summed E-state index contributed by atoms with van der Waals surface area (Å²) in [6.07, 6.45) is 0. The summed E-state index contributed by atoms with van der Waals surface area (Å²) in [6, 6.07) is 3.18. The molecule has 1 rings (SSSR count). The first-order chi connectivity index (χ1) is 9.49. The van der Waals surface area contributed by atoms with Crippen LogP contribution in [0.2, 0.25) is 5.02 Å². The Labute approximate surface area is 121 Å². The van der Waals surface area contributed by atoms with Crippen LogP contribution in [0.4, 0.5) is 5.69 Å². The van der Waals surface area contributed by atoms with E-state index in [1.165, 1.54) is 18.2 Å². The number of halogens is 1. The number of nitrogens with zero attached hydrogens (tertiary/aromatic N) is 1. The molecule has 0 bridgehead atoms. The van der Waals surface area contributed by atoms with Crippen LogP contribution in [0, 0.1) is 10.1 Å². The number of carbonyl (C=O) groups excluding carboxylic acids is 1. The van der Waals surface area contributed by atoms with Gasteiger partial charge in [0.05, 0.1) is 22.6 Å². The van der Waals surface area contributed by atoms with Gasteiger partial charge < -0.3 is 14.8 Å². The van der Waals surface area contributed by atoms with Crippen molar-refractivity contribution in [1.29, 1.82) is 0 Å². The molecule has 0 fully saturated rings. The van der Waals surface area contributed by atoms with Crippen LogP contribution in [-0.4, -0.2) is 37.2 Å². The molecule has 0 amide bonds. The number of nitro groups is 1. The molecule has 0 saturated carbocycles. The maximum absolute atomic E-state index is 11.5. The molecule has 1 atom stereocenters. The number of nitro benzene ring substituents is 1. The summed E-state index contributed by atoms with van der Waals surface area (Å²) in [5, 5.41) is 13.6. The van der Waals surface area contributed by atoms with Crippen LogP contribution in [0.1, 0.15) is 6.92 Å². The normalized spacial score (nSPS) is 11.8. The first-order valence-corrected chi connectivity index (χ1v) is 6.28. The first kappa shape index (κ1) is 16.2. The van der Waals surface area contributed by atoms with Crippen LogP contribution in [0.25, 0.3) is 0 Å². The third kappa shape index (κ3) is 4.36. The fraction of sp³-hybridized carbons (Fsp3) is 0.417. The van der Waals surface area contributed by atoms with Gasteiger partial charge in [-0.2, -0.15) is 0 Å². The van der Waals surface area contributed by atoms with Gasteiger partial charge in [0, 0.05) is 6.07 Å². The molecule has 8 heteroatoms. The highest BCUT2D eigenvalue weighted by Gasteiger charge is 2.19. The van der Waals surface area contributed by atoms with Gasteiger partial charge in [0.25, 0.3) is 5.69 Å². The Balaban J connectivity index is 2.75. The number of hydrogen-bond acceptors (Lipinski definition) is 6. The Bertz CT molecular complexity index is 495. The third-order valence-electron chi connectivity index (χ3n) is 2.45. The highest BCUT2D eigenvalue weighted by Crippen LogP contribution is 2.28. The van der Waals surface area contributed by atoms with E-state index in [-0.39, 0.29) is 29.7 Å². The maximum atomic E-state index is 11.5. The van der Waals surface area contributed by atoms with Crippen LogP contribution in [-0.2, 0) is 9.53 Å². The number of likely N-dealkylation sites (N-methyl/N-ethyl adjacent to an activating group) is 1. The van der Waals surface area contributed by atoms with Crippen molar-refractivity contribution in [3.8, 4) is 5.75 Å². The first-order valence-electron chi connectivity index (χ1n) is 5.90. The van der Waals surface area contributed by atoms with Crippen molar-refractivity contribution >= 4 is 23.3 Å². The highest BCUT2D eigenvalue weighted by molar-refractivity contribution is 6.32. The largest absolute Gasteiger partial charge is 0.490 e. The van der Waals surface area contributed by atoms with E-state index in [0.29, 0.717) is 0 Å². The quantitative estimate of drug-likeness (QED) is 0.469. The predicted molar refractivity (Wildman–Crippen MR) is 73.1 cm³/mol. The summed E-state index contributed by atoms with van der Waals surface area (Å²) in [6.45, 7) is 1.91. The Morgan fingerprint density at radius 1 is 1.55 bits per heavy atom. The number of hydrogen-bond donors (Lipinski definition) is 1. The standard InChI is InChI=1S/C12H15ClN2O5/c1-3-19-12(16)10(14-2)7-20-11-6-8(15(17)18)4-5-9(11)13/h4-6,10,14H,3,7H2,1-2H3. The van der Waals surface area contributed by atoms with Gasteiger partial charge in [0.2, 0.25) is 0 Å². The van der Waals surface area contributed by atoms with E-state index in [0.717, 1.165) is 0 Å². The number of nitrogens with one attached hydrogen (secondary N) is 1. The van der Waals surface area contributed by atoms with E-state index < -0.39 is 16.9 Å². The number of rotatable bonds is 7. The molecule has 1 unspecified atom stereocenters. The predicted octanol–water partition coefficient (Wildman–Crippen LogP) is 1.78. The number of ether oxygens (including phenoxy) is 2. The zero-order chi connectivity index (χ0) is 15.1. The van der Waals surface area contributed by atoms with E-state index >= 15 is 0 Å². The second kappa shape index (κ2) is 7.66. The Hall–Kier alpha value is -1.86. The lowest BCUT2D eigenvalue weighted by molar-refractivity contribution is -0.384. The molecule has 0 heterocycles. The minimum Gasteiger partial charge on any atom is -0.490 e. The Morgan fingerprint density at radius 3 is 2.80 bits per heavy atom. The molecular weight excluding hydrogens is 288 g/mol. The fourth-order valence-electron chi connectivity index (χ4n) is 1.40. The highest BCUT2D eigenvalue weighted by atomic mass is 35.5. The number of non-ortho nitro benzene ring substituents is 1. The second-order valence-electron chi connectivity index (χ2n) is 3.78. The molecule has 0 spiro atoms.